The molecule has 2 amide bonds. The molecule has 1 atom stereocenters. The van der Waals surface area contributed by atoms with Crippen LogP contribution in [0.25, 0.3) is 0 Å². The minimum Gasteiger partial charge on any atom is -0.343 e. The predicted molar refractivity (Wildman–Crippen MR) is 125 cm³/mol. The van der Waals surface area contributed by atoms with E-state index < -0.39 is 15.9 Å². The fraction of sp³-hybridized carbons (Fsp3) is 0.391. The first kappa shape index (κ1) is 22.8. The summed E-state index contributed by atoms with van der Waals surface area (Å²) in [5.74, 6) is -0.195. The van der Waals surface area contributed by atoms with Crippen molar-refractivity contribution < 1.29 is 18.0 Å². The number of carbonyl (C=O) groups excluding carboxylic acids is 2. The highest BCUT2D eigenvalue weighted by atomic mass is 32.2. The molecule has 0 radical (unpaired) electrons. The van der Waals surface area contributed by atoms with Gasteiger partial charge in [-0.15, -0.1) is 11.8 Å². The minimum atomic E-state index is -3.75. The normalized spacial score (nSPS) is 18.7. The van der Waals surface area contributed by atoms with Crippen LogP contribution in [0.3, 0.4) is 0 Å². The van der Waals surface area contributed by atoms with Gasteiger partial charge in [0.1, 0.15) is 0 Å². The van der Waals surface area contributed by atoms with Gasteiger partial charge >= 0.3 is 0 Å². The molecule has 0 bridgehead atoms. The molecule has 0 aliphatic carbocycles. The van der Waals surface area contributed by atoms with Gasteiger partial charge in [0.15, 0.2) is 0 Å². The highest BCUT2D eigenvalue weighted by Crippen LogP contribution is 2.35. The topological polar surface area (TPSA) is 95.6 Å². The molecule has 0 spiro atoms. The lowest BCUT2D eigenvalue weighted by Crippen LogP contribution is -2.33. The molecule has 2 aromatic rings. The molecule has 0 aromatic heterocycles. The van der Waals surface area contributed by atoms with Crippen molar-refractivity contribution in [1.29, 1.82) is 0 Å². The monoisotopic (exact) mass is 473 g/mol. The number of carbonyl (C=O) groups is 2. The number of nitrogens with zero attached hydrogens (tertiary/aromatic N) is 1. The molecular weight excluding hydrogens is 446 g/mol. The Morgan fingerprint density at radius 1 is 1.16 bits per heavy atom. The SMILES string of the molecule is Cc1ccc(CNS(=O)(=O)c2ccc3c(c2)NC(=O)[C@@H](CC(=O)N2CCCC2)CS3)cc1. The van der Waals surface area contributed by atoms with Crippen molar-refractivity contribution in [3.05, 3.63) is 53.6 Å². The first-order valence-electron chi connectivity index (χ1n) is 10.7. The molecule has 2 aromatic carbocycles. The van der Waals surface area contributed by atoms with E-state index in [0.717, 1.165) is 42.0 Å². The van der Waals surface area contributed by atoms with Gasteiger partial charge in [-0.2, -0.15) is 0 Å². The molecule has 4 rings (SSSR count). The number of fused-ring (bicyclic) bond motifs is 1. The van der Waals surface area contributed by atoms with Gasteiger partial charge in [-0.25, -0.2) is 13.1 Å². The number of nitrogens with one attached hydrogen (secondary N) is 2. The van der Waals surface area contributed by atoms with E-state index in [-0.39, 0.29) is 29.7 Å². The van der Waals surface area contributed by atoms with E-state index in [0.29, 0.717) is 11.4 Å². The van der Waals surface area contributed by atoms with Crippen molar-refractivity contribution >= 4 is 39.3 Å². The summed E-state index contributed by atoms with van der Waals surface area (Å²) in [6, 6.07) is 12.4. The summed E-state index contributed by atoms with van der Waals surface area (Å²) in [6.07, 6.45) is 2.20. The van der Waals surface area contributed by atoms with E-state index >= 15 is 0 Å². The van der Waals surface area contributed by atoms with E-state index in [1.54, 1.807) is 12.1 Å². The molecule has 7 nitrogen and oxygen atoms in total. The van der Waals surface area contributed by atoms with Gasteiger partial charge in [-0.1, -0.05) is 29.8 Å². The van der Waals surface area contributed by atoms with Crippen LogP contribution in [0.4, 0.5) is 5.69 Å². The number of anilines is 1. The van der Waals surface area contributed by atoms with Crippen molar-refractivity contribution in [3.8, 4) is 0 Å². The number of rotatable bonds is 6. The Bertz CT molecular complexity index is 1110. The third-order valence-corrected chi connectivity index (χ3v) is 8.43. The molecule has 2 aliphatic heterocycles. The molecule has 0 saturated carbocycles. The van der Waals surface area contributed by atoms with Crippen molar-refractivity contribution in [1.82, 2.24) is 9.62 Å². The third-order valence-electron chi connectivity index (χ3n) is 5.80. The quantitative estimate of drug-likeness (QED) is 0.672. The third kappa shape index (κ3) is 5.33. The van der Waals surface area contributed by atoms with Crippen LogP contribution in [0.5, 0.6) is 0 Å². The maximum absolute atomic E-state index is 12.8. The largest absolute Gasteiger partial charge is 0.343 e. The molecule has 170 valence electrons. The van der Waals surface area contributed by atoms with E-state index in [4.69, 9.17) is 0 Å². The molecule has 2 heterocycles. The Morgan fingerprint density at radius 3 is 2.59 bits per heavy atom. The van der Waals surface area contributed by atoms with Crippen molar-refractivity contribution in [2.75, 3.05) is 24.2 Å². The number of hydrogen-bond donors (Lipinski definition) is 2. The molecule has 0 unspecified atom stereocenters. The summed E-state index contributed by atoms with van der Waals surface area (Å²) in [5, 5.41) is 2.84. The zero-order valence-corrected chi connectivity index (χ0v) is 19.6. The van der Waals surface area contributed by atoms with E-state index in [1.807, 2.05) is 36.1 Å². The lowest BCUT2D eigenvalue weighted by molar-refractivity contribution is -0.133. The number of aryl methyl sites for hydroxylation is 1. The van der Waals surface area contributed by atoms with Crippen molar-refractivity contribution in [3.63, 3.8) is 0 Å². The molecule has 2 N–H and O–H groups in total. The second-order valence-corrected chi connectivity index (χ2v) is 11.1. The van der Waals surface area contributed by atoms with Crippen LogP contribution >= 0.6 is 11.8 Å². The van der Waals surface area contributed by atoms with Crippen LogP contribution in [0.1, 0.15) is 30.4 Å². The number of hydrogen-bond acceptors (Lipinski definition) is 5. The fourth-order valence-corrected chi connectivity index (χ4v) is 5.95. The minimum absolute atomic E-state index is 0.0118. The number of amides is 2. The van der Waals surface area contributed by atoms with Crippen LogP contribution in [0.2, 0.25) is 0 Å². The van der Waals surface area contributed by atoms with E-state index in [1.165, 1.54) is 17.8 Å². The van der Waals surface area contributed by atoms with Gasteiger partial charge in [0.05, 0.1) is 16.5 Å². The van der Waals surface area contributed by atoms with Gasteiger partial charge in [0, 0.05) is 36.7 Å². The first-order valence-corrected chi connectivity index (χ1v) is 13.2. The van der Waals surface area contributed by atoms with Gasteiger partial charge < -0.3 is 10.2 Å². The predicted octanol–water partition coefficient (Wildman–Crippen LogP) is 3.15. The van der Waals surface area contributed by atoms with Crippen LogP contribution < -0.4 is 10.0 Å². The molecule has 1 saturated heterocycles. The van der Waals surface area contributed by atoms with Crippen LogP contribution in [-0.2, 0) is 26.2 Å². The summed E-state index contributed by atoms with van der Waals surface area (Å²) in [6.45, 7) is 3.68. The second-order valence-electron chi connectivity index (χ2n) is 8.26. The highest BCUT2D eigenvalue weighted by Gasteiger charge is 2.29. The number of benzene rings is 2. The Labute approximate surface area is 193 Å². The molecule has 2 aliphatic rings. The Balaban J connectivity index is 1.44. The first-order chi connectivity index (χ1) is 15.3. The highest BCUT2D eigenvalue weighted by molar-refractivity contribution is 7.99. The summed E-state index contributed by atoms with van der Waals surface area (Å²) in [5.41, 5.74) is 2.44. The second kappa shape index (κ2) is 9.64. The Hall–Kier alpha value is -2.36. The van der Waals surface area contributed by atoms with Crippen LogP contribution in [-0.4, -0.2) is 44.0 Å². The average Bonchev–Trinajstić information content (AvgIpc) is 3.27. The standard InChI is InChI=1S/C23H27N3O4S2/c1-16-4-6-17(7-5-16)14-24-32(29,30)19-8-9-21-20(13-19)25-23(28)18(15-31-21)12-22(27)26-10-2-3-11-26/h4-9,13,18,24H,2-3,10-12,14-15H2,1H3,(H,25,28)/t18-/m0/s1. The molecular formula is C23H27N3O4S2. The van der Waals surface area contributed by atoms with Crippen LogP contribution in [0.15, 0.2) is 52.3 Å². The zero-order valence-electron chi connectivity index (χ0n) is 18.0. The molecule has 32 heavy (non-hydrogen) atoms. The summed E-state index contributed by atoms with van der Waals surface area (Å²) >= 11 is 1.47. The summed E-state index contributed by atoms with van der Waals surface area (Å²) in [4.78, 5) is 28.0. The Morgan fingerprint density at radius 2 is 1.88 bits per heavy atom. The molecule has 9 heteroatoms. The lowest BCUT2D eigenvalue weighted by Gasteiger charge is -2.18. The zero-order chi connectivity index (χ0) is 22.7. The number of likely N-dealkylation sites (tertiary alicyclic amines) is 1. The van der Waals surface area contributed by atoms with E-state index in [2.05, 4.69) is 10.0 Å². The van der Waals surface area contributed by atoms with Crippen molar-refractivity contribution in [2.45, 2.75) is 42.5 Å². The van der Waals surface area contributed by atoms with Crippen molar-refractivity contribution in [2.24, 2.45) is 5.92 Å². The smallest absolute Gasteiger partial charge is 0.240 e. The summed E-state index contributed by atoms with van der Waals surface area (Å²) in [7, 11) is -3.75. The molecule has 1 fully saturated rings. The maximum Gasteiger partial charge on any atom is 0.240 e. The fourth-order valence-electron chi connectivity index (χ4n) is 3.83. The lowest BCUT2D eigenvalue weighted by atomic mass is 10.1. The Kier molecular flexibility index (Phi) is 6.88. The van der Waals surface area contributed by atoms with Crippen LogP contribution in [0, 0.1) is 12.8 Å². The number of thioether (sulfide) groups is 1. The van der Waals surface area contributed by atoms with Gasteiger partial charge in [-0.05, 0) is 43.5 Å². The number of sulfonamides is 1. The van der Waals surface area contributed by atoms with Gasteiger partial charge in [-0.3, -0.25) is 9.59 Å². The average molecular weight is 474 g/mol. The maximum atomic E-state index is 12.8. The van der Waals surface area contributed by atoms with Gasteiger partial charge in [0.2, 0.25) is 21.8 Å². The van der Waals surface area contributed by atoms with Gasteiger partial charge in [0.25, 0.3) is 0 Å². The summed E-state index contributed by atoms with van der Waals surface area (Å²) < 4.78 is 28.2. The van der Waals surface area contributed by atoms with E-state index in [9.17, 15) is 18.0 Å².